The summed E-state index contributed by atoms with van der Waals surface area (Å²) in [7, 11) is -3.97. The molecule has 4 heterocycles. The Kier molecular flexibility index (Phi) is 9.60. The van der Waals surface area contributed by atoms with Gasteiger partial charge in [0.15, 0.2) is 12.1 Å². The molecule has 3 aliphatic heterocycles. The predicted octanol–water partition coefficient (Wildman–Crippen LogP) is 6.31. The Labute approximate surface area is 298 Å². The lowest BCUT2D eigenvalue weighted by Gasteiger charge is -2.46. The number of nitrogens with one attached hydrogen (secondary N) is 1. The van der Waals surface area contributed by atoms with E-state index in [0.717, 1.165) is 48.0 Å². The fraction of sp³-hybridized carbons (Fsp3) is 0.325. The van der Waals surface area contributed by atoms with Crippen LogP contribution in [0.15, 0.2) is 120 Å². The zero-order valence-electron chi connectivity index (χ0n) is 28.1. The van der Waals surface area contributed by atoms with Gasteiger partial charge in [-0.3, -0.25) is 9.71 Å². The molecule has 5 aromatic rings. The van der Waals surface area contributed by atoms with Crippen LogP contribution in [0.4, 0.5) is 5.69 Å². The summed E-state index contributed by atoms with van der Waals surface area (Å²) in [6.07, 6.45) is 1.69. The van der Waals surface area contributed by atoms with E-state index in [2.05, 4.69) is 26.7 Å². The van der Waals surface area contributed by atoms with Crippen LogP contribution in [0.5, 0.6) is 0 Å². The van der Waals surface area contributed by atoms with Crippen LogP contribution in [-0.4, -0.2) is 68.1 Å². The van der Waals surface area contributed by atoms with Crippen LogP contribution in [0.1, 0.15) is 53.4 Å². The third kappa shape index (κ3) is 7.16. The molecule has 264 valence electrons. The number of para-hydroxylation sites is 1. The molecule has 1 spiro atoms. The van der Waals surface area contributed by atoms with Gasteiger partial charge >= 0.3 is 0 Å². The quantitative estimate of drug-likeness (QED) is 0.182. The number of piperidine rings is 1. The van der Waals surface area contributed by atoms with Crippen molar-refractivity contribution in [3.8, 4) is 0 Å². The number of aliphatic hydroxyl groups excluding tert-OH is 1. The summed E-state index contributed by atoms with van der Waals surface area (Å²) in [6, 6.07) is 34.1. The normalized spacial score (nSPS) is 23.8. The zero-order valence-corrected chi connectivity index (χ0v) is 29.0. The van der Waals surface area contributed by atoms with E-state index in [9.17, 15) is 13.5 Å². The van der Waals surface area contributed by atoms with E-state index in [1.807, 2.05) is 60.7 Å². The van der Waals surface area contributed by atoms with E-state index >= 15 is 0 Å². The first-order chi connectivity index (χ1) is 24.9. The number of pyridine rings is 1. The van der Waals surface area contributed by atoms with Gasteiger partial charge in [0.05, 0.1) is 37.5 Å². The second kappa shape index (κ2) is 14.4. The first-order valence-corrected chi connectivity index (χ1v) is 18.9. The van der Waals surface area contributed by atoms with Crippen molar-refractivity contribution >= 4 is 26.6 Å². The van der Waals surface area contributed by atoms with Crippen molar-refractivity contribution in [2.24, 2.45) is 0 Å². The Morgan fingerprint density at radius 3 is 2.29 bits per heavy atom. The molecule has 4 aromatic carbocycles. The number of sulfonamides is 1. The highest BCUT2D eigenvalue weighted by atomic mass is 32.2. The number of ether oxygens (including phenoxy) is 4. The van der Waals surface area contributed by atoms with Crippen LogP contribution in [0.2, 0.25) is 0 Å². The van der Waals surface area contributed by atoms with Crippen molar-refractivity contribution in [2.75, 3.05) is 37.6 Å². The van der Waals surface area contributed by atoms with E-state index in [4.69, 9.17) is 18.9 Å². The number of hydrogen-bond acceptors (Lipinski definition) is 9. The van der Waals surface area contributed by atoms with Gasteiger partial charge in [-0.05, 0) is 41.0 Å². The first kappa shape index (κ1) is 33.9. The summed E-state index contributed by atoms with van der Waals surface area (Å²) in [5.74, 6) is -0.640. The maximum Gasteiger partial charge on any atom is 0.264 e. The van der Waals surface area contributed by atoms with Crippen LogP contribution in [0, 0.1) is 0 Å². The molecule has 10 nitrogen and oxygen atoms in total. The molecule has 2 N–H and O–H groups in total. The maximum atomic E-state index is 13.7. The molecule has 51 heavy (non-hydrogen) atoms. The number of anilines is 1. The fourth-order valence-corrected chi connectivity index (χ4v) is 8.76. The van der Waals surface area contributed by atoms with E-state index in [-0.39, 0.29) is 23.5 Å². The molecule has 1 aromatic heterocycles. The smallest absolute Gasteiger partial charge is 0.264 e. The van der Waals surface area contributed by atoms with E-state index in [0.29, 0.717) is 36.5 Å². The molecular weight excluding hydrogens is 667 g/mol. The second-order valence-corrected chi connectivity index (χ2v) is 15.0. The number of likely N-dealkylation sites (tertiary alicyclic amines) is 1. The van der Waals surface area contributed by atoms with Crippen molar-refractivity contribution in [2.45, 2.75) is 54.5 Å². The number of benzene rings is 4. The van der Waals surface area contributed by atoms with Gasteiger partial charge in [0.25, 0.3) is 10.0 Å². The summed E-state index contributed by atoms with van der Waals surface area (Å²) in [4.78, 5) is 6.86. The minimum absolute atomic E-state index is 0.0519. The van der Waals surface area contributed by atoms with Gasteiger partial charge < -0.3 is 29.0 Å². The van der Waals surface area contributed by atoms with E-state index < -0.39 is 28.2 Å². The molecule has 3 fully saturated rings. The fourth-order valence-electron chi connectivity index (χ4n) is 7.53. The topological polar surface area (TPSA) is 119 Å². The molecule has 4 atom stereocenters. The molecule has 0 aliphatic carbocycles. The van der Waals surface area contributed by atoms with Gasteiger partial charge in [0.2, 0.25) is 0 Å². The Balaban J connectivity index is 1.12. The minimum atomic E-state index is -3.97. The molecule has 3 saturated heterocycles. The van der Waals surface area contributed by atoms with Gasteiger partial charge in [-0.25, -0.2) is 8.42 Å². The van der Waals surface area contributed by atoms with Gasteiger partial charge in [-0.1, -0.05) is 84.9 Å². The van der Waals surface area contributed by atoms with Crippen molar-refractivity contribution in [3.05, 3.63) is 138 Å². The van der Waals surface area contributed by atoms with E-state index in [1.165, 1.54) is 0 Å². The standard InChI is InChI=1S/C40H41N3O7S/c44-27-28-14-16-31(17-15-28)38-36(29-7-2-1-3-8-29)34(26-43-21-18-40(19-22-43)47-23-24-48-40)49-39(50-38)32-10-4-12-33(25-32)42-51(45,46)35-13-5-9-30-11-6-20-41-37(30)35/h1-17,20,25,34,36,38-39,42,44H,18-19,21-24,26-27H2/t34-,36-,38+,39?/m1/s1. The Bertz CT molecular complexity index is 2060. The number of aliphatic hydroxyl groups is 1. The highest BCUT2D eigenvalue weighted by molar-refractivity contribution is 7.93. The number of hydrogen-bond donors (Lipinski definition) is 2. The summed E-state index contributed by atoms with van der Waals surface area (Å²) < 4.78 is 56.0. The number of nitrogens with zero attached hydrogens (tertiary/aromatic N) is 2. The molecule has 3 aliphatic rings. The van der Waals surface area contributed by atoms with Crippen LogP contribution in [0.25, 0.3) is 10.9 Å². The van der Waals surface area contributed by atoms with Crippen molar-refractivity contribution in [1.82, 2.24) is 9.88 Å². The maximum absolute atomic E-state index is 13.7. The number of aromatic nitrogens is 1. The number of rotatable bonds is 9. The van der Waals surface area contributed by atoms with Crippen LogP contribution < -0.4 is 4.72 Å². The van der Waals surface area contributed by atoms with Crippen LogP contribution in [0.3, 0.4) is 0 Å². The molecule has 8 rings (SSSR count). The molecule has 0 amide bonds. The highest BCUT2D eigenvalue weighted by Gasteiger charge is 2.45. The lowest BCUT2D eigenvalue weighted by molar-refractivity contribution is -0.265. The second-order valence-electron chi connectivity index (χ2n) is 13.4. The number of fused-ring (bicyclic) bond motifs is 1. The molecule has 0 saturated carbocycles. The zero-order chi connectivity index (χ0) is 34.8. The third-order valence-corrected chi connectivity index (χ3v) is 11.5. The largest absolute Gasteiger partial charge is 0.392 e. The molecule has 0 radical (unpaired) electrons. The summed E-state index contributed by atoms with van der Waals surface area (Å²) in [5.41, 5.74) is 4.35. The van der Waals surface area contributed by atoms with Gasteiger partial charge in [-0.15, -0.1) is 0 Å². The van der Waals surface area contributed by atoms with Crippen molar-refractivity contribution in [3.63, 3.8) is 0 Å². The van der Waals surface area contributed by atoms with Crippen LogP contribution >= 0.6 is 0 Å². The lowest BCUT2D eigenvalue weighted by atomic mass is 9.83. The minimum Gasteiger partial charge on any atom is -0.392 e. The van der Waals surface area contributed by atoms with Crippen molar-refractivity contribution < 1.29 is 32.5 Å². The Hall–Kier alpha value is -4.20. The lowest BCUT2D eigenvalue weighted by Crippen LogP contribution is -2.50. The van der Waals surface area contributed by atoms with Gasteiger partial charge in [0.1, 0.15) is 4.90 Å². The molecule has 1 unspecified atom stereocenters. The average Bonchev–Trinajstić information content (AvgIpc) is 3.63. The summed E-state index contributed by atoms with van der Waals surface area (Å²) in [5, 5.41) is 10.5. The van der Waals surface area contributed by atoms with Gasteiger partial charge in [-0.2, -0.15) is 0 Å². The monoisotopic (exact) mass is 707 g/mol. The van der Waals surface area contributed by atoms with Gasteiger partial charge in [0, 0.05) is 61.2 Å². The predicted molar refractivity (Wildman–Crippen MR) is 192 cm³/mol. The SMILES string of the molecule is O=S(=O)(Nc1cccc(C2O[C@H](CN3CCC4(CC3)OCCO4)[C@@H](c3ccccc3)[C@H](c3ccc(CO)cc3)O2)c1)c1cccc2cccnc12. The average molecular weight is 708 g/mol. The molecular formula is C40H41N3O7S. The van der Waals surface area contributed by atoms with E-state index in [1.54, 1.807) is 42.6 Å². The molecule has 11 heteroatoms. The Morgan fingerprint density at radius 1 is 0.804 bits per heavy atom. The molecule has 0 bridgehead atoms. The van der Waals surface area contributed by atoms with Crippen LogP contribution in [-0.2, 0) is 35.6 Å². The summed E-state index contributed by atoms with van der Waals surface area (Å²) >= 11 is 0. The highest BCUT2D eigenvalue weighted by Crippen LogP contribution is 2.47. The Morgan fingerprint density at radius 2 is 1.53 bits per heavy atom. The first-order valence-electron chi connectivity index (χ1n) is 17.4. The third-order valence-electron chi connectivity index (χ3n) is 10.1. The van der Waals surface area contributed by atoms with Crippen molar-refractivity contribution in [1.29, 1.82) is 0 Å². The summed E-state index contributed by atoms with van der Waals surface area (Å²) in [6.45, 7) is 3.48.